The number of methoxy groups -OCH3 is 1. The summed E-state index contributed by atoms with van der Waals surface area (Å²) in [7, 11) is 7.33. The summed E-state index contributed by atoms with van der Waals surface area (Å²) in [6.45, 7) is 1.61. The van der Waals surface area contributed by atoms with Gasteiger partial charge < -0.3 is 24.3 Å². The van der Waals surface area contributed by atoms with E-state index in [9.17, 15) is 9.18 Å². The quantitative estimate of drug-likeness (QED) is 0.691. The first-order valence-electron chi connectivity index (χ1n) is 10.7. The van der Waals surface area contributed by atoms with E-state index in [2.05, 4.69) is 15.0 Å². The third kappa shape index (κ3) is 4.41. The van der Waals surface area contributed by atoms with Crippen LogP contribution in [0.2, 0.25) is 0 Å². The zero-order valence-corrected chi connectivity index (χ0v) is 18.9. The lowest BCUT2D eigenvalue weighted by atomic mass is 10.0. The van der Waals surface area contributed by atoms with E-state index in [0.29, 0.717) is 29.5 Å². The molecule has 0 aliphatic carbocycles. The van der Waals surface area contributed by atoms with Gasteiger partial charge in [-0.2, -0.15) is 0 Å². The van der Waals surface area contributed by atoms with E-state index in [1.807, 2.05) is 38.4 Å². The van der Waals surface area contributed by atoms with Crippen LogP contribution in [0, 0.1) is 5.82 Å². The van der Waals surface area contributed by atoms with E-state index >= 15 is 0 Å². The molecule has 1 amide bonds. The highest BCUT2D eigenvalue weighted by atomic mass is 19.1. The Hall–Kier alpha value is -3.13. The second kappa shape index (κ2) is 9.16. The Morgan fingerprint density at radius 2 is 1.94 bits per heavy atom. The molecule has 0 aromatic heterocycles. The Morgan fingerprint density at radius 1 is 1.19 bits per heavy atom. The van der Waals surface area contributed by atoms with Crippen molar-refractivity contribution in [3.63, 3.8) is 0 Å². The van der Waals surface area contributed by atoms with Crippen LogP contribution in [0.25, 0.3) is 0 Å². The monoisotopic (exact) mass is 440 g/mol. The predicted octanol–water partition coefficient (Wildman–Crippen LogP) is 3.13. The van der Waals surface area contributed by atoms with Crippen LogP contribution < -0.4 is 14.5 Å². The van der Waals surface area contributed by atoms with Crippen LogP contribution >= 0.6 is 0 Å². The number of oxime groups is 1. The molecule has 2 aliphatic heterocycles. The van der Waals surface area contributed by atoms with Crippen LogP contribution in [0.5, 0.6) is 5.75 Å². The van der Waals surface area contributed by atoms with Crippen molar-refractivity contribution in [2.75, 3.05) is 51.1 Å². The van der Waals surface area contributed by atoms with E-state index in [1.165, 1.54) is 11.0 Å². The average molecular weight is 441 g/mol. The fourth-order valence-electron chi connectivity index (χ4n) is 4.15. The lowest BCUT2D eigenvalue weighted by Gasteiger charge is -2.24. The van der Waals surface area contributed by atoms with E-state index in [4.69, 9.17) is 9.57 Å². The van der Waals surface area contributed by atoms with E-state index < -0.39 is 6.10 Å². The van der Waals surface area contributed by atoms with E-state index in [1.54, 1.807) is 26.3 Å². The molecule has 2 aromatic carbocycles. The van der Waals surface area contributed by atoms with Gasteiger partial charge in [0.05, 0.1) is 18.5 Å². The van der Waals surface area contributed by atoms with Gasteiger partial charge in [-0.1, -0.05) is 5.16 Å². The molecule has 2 atom stereocenters. The van der Waals surface area contributed by atoms with Gasteiger partial charge in [-0.25, -0.2) is 4.39 Å². The number of rotatable bonds is 6. The average Bonchev–Trinajstić information content (AvgIpc) is 3.48. The fourth-order valence-corrected chi connectivity index (χ4v) is 4.15. The second-order valence-corrected chi connectivity index (χ2v) is 8.45. The van der Waals surface area contributed by atoms with E-state index in [-0.39, 0.29) is 11.7 Å². The standard InChI is InChI=1S/C24H29FN4O3/c1-27(2)18-11-12-29(15-18)22-10-7-17(13-20(22)25)28(3)24(30)23-14-21(26-32-23)16-5-8-19(31-4)9-6-16/h5-10,13,18,23H,11-12,14-15H2,1-4H3. The molecule has 7 nitrogen and oxygen atoms in total. The zero-order chi connectivity index (χ0) is 22.8. The maximum atomic E-state index is 14.9. The number of ether oxygens (including phenoxy) is 1. The topological polar surface area (TPSA) is 57.6 Å². The Labute approximate surface area is 188 Å². The lowest BCUT2D eigenvalue weighted by molar-refractivity contribution is -0.128. The SMILES string of the molecule is COc1ccc(C2=NOC(C(=O)N(C)c3ccc(N4CCC(N(C)C)C4)c(F)c3)C2)cc1. The van der Waals surface area contributed by atoms with Crippen LogP contribution in [0.15, 0.2) is 47.6 Å². The number of benzene rings is 2. The van der Waals surface area contributed by atoms with Crippen molar-refractivity contribution < 1.29 is 18.8 Å². The number of carbonyl (C=O) groups is 1. The maximum absolute atomic E-state index is 14.9. The van der Waals surface area contributed by atoms with Crippen molar-refractivity contribution in [2.45, 2.75) is 25.0 Å². The van der Waals surface area contributed by atoms with Gasteiger partial charge in [0.25, 0.3) is 5.91 Å². The van der Waals surface area contributed by atoms with Gasteiger partial charge in [-0.05, 0) is 68.5 Å². The van der Waals surface area contributed by atoms with Crippen molar-refractivity contribution >= 4 is 23.0 Å². The molecule has 0 saturated carbocycles. The summed E-state index contributed by atoms with van der Waals surface area (Å²) in [5, 5.41) is 4.09. The molecule has 8 heteroatoms. The number of likely N-dealkylation sites (N-methyl/N-ethyl adjacent to an activating group) is 2. The second-order valence-electron chi connectivity index (χ2n) is 8.45. The number of carbonyl (C=O) groups excluding carboxylic acids is 1. The van der Waals surface area contributed by atoms with Gasteiger partial charge in [0.15, 0.2) is 0 Å². The molecule has 1 fully saturated rings. The van der Waals surface area contributed by atoms with Crippen molar-refractivity contribution in [2.24, 2.45) is 5.16 Å². The van der Waals surface area contributed by atoms with Crippen molar-refractivity contribution in [3.05, 3.63) is 53.8 Å². The number of halogens is 1. The Balaban J connectivity index is 1.40. The van der Waals surface area contributed by atoms with Gasteiger partial charge in [0, 0.05) is 38.3 Å². The highest BCUT2D eigenvalue weighted by molar-refractivity contribution is 6.06. The molecule has 0 bridgehead atoms. The molecule has 4 rings (SSSR count). The molecule has 170 valence electrons. The Kier molecular flexibility index (Phi) is 6.32. The minimum Gasteiger partial charge on any atom is -0.497 e. The summed E-state index contributed by atoms with van der Waals surface area (Å²) < 4.78 is 20.1. The Bertz CT molecular complexity index is 1010. The summed E-state index contributed by atoms with van der Waals surface area (Å²) in [5.74, 6) is 0.152. The number of nitrogens with zero attached hydrogens (tertiary/aromatic N) is 4. The summed E-state index contributed by atoms with van der Waals surface area (Å²) >= 11 is 0. The van der Waals surface area contributed by atoms with E-state index in [0.717, 1.165) is 30.8 Å². The maximum Gasteiger partial charge on any atom is 0.271 e. The van der Waals surface area contributed by atoms with Crippen molar-refractivity contribution in [1.82, 2.24) is 4.90 Å². The summed E-state index contributed by atoms with van der Waals surface area (Å²) in [6.07, 6.45) is 0.622. The molecular weight excluding hydrogens is 411 g/mol. The van der Waals surface area contributed by atoms with Crippen LogP contribution in [0.1, 0.15) is 18.4 Å². The van der Waals surface area contributed by atoms with Gasteiger partial charge >= 0.3 is 0 Å². The Morgan fingerprint density at radius 3 is 2.56 bits per heavy atom. The van der Waals surface area contributed by atoms with Crippen LogP contribution in [-0.4, -0.2) is 70.0 Å². The molecule has 32 heavy (non-hydrogen) atoms. The number of hydrogen-bond acceptors (Lipinski definition) is 6. The first-order chi connectivity index (χ1) is 15.4. The molecular formula is C24H29FN4O3. The van der Waals surface area contributed by atoms with Crippen LogP contribution in [-0.2, 0) is 9.63 Å². The molecule has 2 unspecified atom stereocenters. The molecule has 1 saturated heterocycles. The number of hydrogen-bond donors (Lipinski definition) is 0. The molecule has 0 spiro atoms. The highest BCUT2D eigenvalue weighted by Crippen LogP contribution is 2.29. The number of amides is 1. The zero-order valence-electron chi connectivity index (χ0n) is 18.9. The smallest absolute Gasteiger partial charge is 0.271 e. The summed E-state index contributed by atoms with van der Waals surface area (Å²) in [4.78, 5) is 24.0. The summed E-state index contributed by atoms with van der Waals surface area (Å²) in [5.41, 5.74) is 2.63. The predicted molar refractivity (Wildman–Crippen MR) is 123 cm³/mol. The first-order valence-corrected chi connectivity index (χ1v) is 10.7. The first kappa shape index (κ1) is 22.1. The van der Waals surface area contributed by atoms with Crippen molar-refractivity contribution in [3.8, 4) is 5.75 Å². The largest absolute Gasteiger partial charge is 0.497 e. The normalized spacial score (nSPS) is 20.3. The third-order valence-corrected chi connectivity index (χ3v) is 6.25. The molecule has 0 radical (unpaired) electrons. The lowest BCUT2D eigenvalue weighted by Crippen LogP contribution is -2.36. The minimum atomic E-state index is -0.737. The van der Waals surface area contributed by atoms with Gasteiger partial charge in [-0.3, -0.25) is 4.79 Å². The van der Waals surface area contributed by atoms with Crippen molar-refractivity contribution in [1.29, 1.82) is 0 Å². The summed E-state index contributed by atoms with van der Waals surface area (Å²) in [6, 6.07) is 12.8. The van der Waals surface area contributed by atoms with Gasteiger partial charge in [-0.15, -0.1) is 0 Å². The molecule has 2 aromatic rings. The molecule has 0 N–H and O–H groups in total. The molecule has 2 heterocycles. The molecule has 2 aliphatic rings. The third-order valence-electron chi connectivity index (χ3n) is 6.25. The fraction of sp³-hybridized carbons (Fsp3) is 0.417. The highest BCUT2D eigenvalue weighted by Gasteiger charge is 2.32. The number of anilines is 2. The van der Waals surface area contributed by atoms with Crippen LogP contribution in [0.3, 0.4) is 0 Å². The van der Waals surface area contributed by atoms with Gasteiger partial charge in [0.2, 0.25) is 6.10 Å². The minimum absolute atomic E-state index is 0.266. The van der Waals surface area contributed by atoms with Gasteiger partial charge in [0.1, 0.15) is 11.6 Å². The van der Waals surface area contributed by atoms with Crippen LogP contribution in [0.4, 0.5) is 15.8 Å².